The highest BCUT2D eigenvalue weighted by molar-refractivity contribution is 5.94. The third-order valence-corrected chi connectivity index (χ3v) is 5.64. The number of rotatable bonds is 5. The number of pyridine rings is 1. The number of benzene rings is 2. The van der Waals surface area contributed by atoms with Crippen LogP contribution in [0.2, 0.25) is 0 Å². The Balaban J connectivity index is 0.000000214. The second-order valence-corrected chi connectivity index (χ2v) is 8.04. The molecule has 5 N–H and O–H groups in total. The van der Waals surface area contributed by atoms with E-state index < -0.39 is 41.1 Å². The van der Waals surface area contributed by atoms with E-state index in [1.165, 1.54) is 50.2 Å². The number of nitrogen functional groups attached to an aromatic ring is 1. The molecular formula is C25H22FN3O7. The first-order chi connectivity index (χ1) is 16.9. The number of fused-ring (bicyclic) bond motifs is 2. The lowest BCUT2D eigenvalue weighted by molar-refractivity contribution is -0.139. The van der Waals surface area contributed by atoms with Crippen molar-refractivity contribution < 1.29 is 34.1 Å². The number of carboxylic acid groups (broad SMARTS) is 3. The molecule has 186 valence electrons. The standard InChI is InChI=1S/C15H11FN2O3.C10H11NO4/c1-8(15(20)21)9-2-4-12-11(6-9)14(19)18-7-10(16)3-5-13(18)17-12;1-5(9(12)13)6-2-3-8(11)7(4-6)10(14)15/h2-8H,1H3,(H,20,21);2-5H,11H2,1H3,(H,12,13)(H,14,15). The van der Waals surface area contributed by atoms with Gasteiger partial charge in [-0.25, -0.2) is 14.2 Å². The fourth-order valence-corrected chi connectivity index (χ4v) is 3.38. The highest BCUT2D eigenvalue weighted by Crippen LogP contribution is 2.21. The molecule has 36 heavy (non-hydrogen) atoms. The molecule has 0 saturated carbocycles. The second kappa shape index (κ2) is 10.2. The topological polar surface area (TPSA) is 172 Å². The Morgan fingerprint density at radius 2 is 1.50 bits per heavy atom. The van der Waals surface area contributed by atoms with Gasteiger partial charge in [-0.3, -0.25) is 18.8 Å². The average molecular weight is 495 g/mol. The molecule has 0 aliphatic carbocycles. The number of halogens is 1. The molecule has 10 nitrogen and oxygen atoms in total. The maximum Gasteiger partial charge on any atom is 0.337 e. The summed E-state index contributed by atoms with van der Waals surface area (Å²) in [7, 11) is 0. The number of aromatic carboxylic acids is 1. The van der Waals surface area contributed by atoms with E-state index in [4.69, 9.17) is 21.1 Å². The largest absolute Gasteiger partial charge is 0.481 e. The zero-order valence-corrected chi connectivity index (χ0v) is 19.2. The van der Waals surface area contributed by atoms with Gasteiger partial charge in [0, 0.05) is 11.9 Å². The third-order valence-electron chi connectivity index (χ3n) is 5.64. The molecule has 0 aliphatic rings. The van der Waals surface area contributed by atoms with E-state index in [1.807, 2.05) is 0 Å². The summed E-state index contributed by atoms with van der Waals surface area (Å²) in [4.78, 5) is 49.1. The fourth-order valence-electron chi connectivity index (χ4n) is 3.38. The molecule has 11 heteroatoms. The SMILES string of the molecule is CC(C(=O)O)c1ccc(N)c(C(=O)O)c1.CC(C(=O)O)c1ccc2nc3ccc(F)cn3c(=O)c2c1. The molecule has 2 atom stereocenters. The number of anilines is 1. The summed E-state index contributed by atoms with van der Waals surface area (Å²) >= 11 is 0. The first kappa shape index (κ1) is 25.8. The van der Waals surface area contributed by atoms with Gasteiger partial charge in [0.05, 0.1) is 28.3 Å². The molecule has 2 unspecified atom stereocenters. The Morgan fingerprint density at radius 1 is 0.917 bits per heavy atom. The van der Waals surface area contributed by atoms with Gasteiger partial charge in [0.2, 0.25) is 0 Å². The van der Waals surface area contributed by atoms with Crippen LogP contribution in [0.5, 0.6) is 0 Å². The monoisotopic (exact) mass is 495 g/mol. The Morgan fingerprint density at radius 3 is 2.08 bits per heavy atom. The molecule has 2 aromatic carbocycles. The molecule has 2 heterocycles. The van der Waals surface area contributed by atoms with Crippen LogP contribution in [0.25, 0.3) is 16.6 Å². The first-order valence-electron chi connectivity index (χ1n) is 10.6. The van der Waals surface area contributed by atoms with Gasteiger partial charge in [0.25, 0.3) is 5.56 Å². The number of aromatic nitrogens is 2. The smallest absolute Gasteiger partial charge is 0.337 e. The van der Waals surface area contributed by atoms with Gasteiger partial charge in [0.1, 0.15) is 11.5 Å². The molecular weight excluding hydrogens is 473 g/mol. The van der Waals surface area contributed by atoms with E-state index in [0.717, 1.165) is 10.6 Å². The van der Waals surface area contributed by atoms with Crippen LogP contribution < -0.4 is 11.3 Å². The number of nitrogens with zero attached hydrogens (tertiary/aromatic N) is 2. The molecule has 0 radical (unpaired) electrons. The van der Waals surface area contributed by atoms with Gasteiger partial charge in [-0.2, -0.15) is 0 Å². The summed E-state index contributed by atoms with van der Waals surface area (Å²) in [6.07, 6.45) is 1.07. The molecule has 4 aromatic rings. The van der Waals surface area contributed by atoms with E-state index in [-0.39, 0.29) is 16.6 Å². The Bertz CT molecular complexity index is 1570. The van der Waals surface area contributed by atoms with Crippen molar-refractivity contribution >= 4 is 40.1 Å². The predicted molar refractivity (Wildman–Crippen MR) is 129 cm³/mol. The van der Waals surface area contributed by atoms with Crippen LogP contribution in [0.15, 0.2) is 59.5 Å². The molecule has 0 amide bonds. The highest BCUT2D eigenvalue weighted by atomic mass is 19.1. The van der Waals surface area contributed by atoms with Crippen molar-refractivity contribution in [3.63, 3.8) is 0 Å². The minimum atomic E-state index is -1.16. The Labute approximate surface area is 203 Å². The Kier molecular flexibility index (Phi) is 7.33. The third kappa shape index (κ3) is 5.30. The summed E-state index contributed by atoms with van der Waals surface area (Å²) in [5.74, 6) is -5.16. The lowest BCUT2D eigenvalue weighted by atomic mass is 9.98. The minimum absolute atomic E-state index is 0.0689. The van der Waals surface area contributed by atoms with E-state index in [0.29, 0.717) is 22.3 Å². The van der Waals surface area contributed by atoms with Crippen molar-refractivity contribution in [3.05, 3.63) is 87.6 Å². The van der Waals surface area contributed by atoms with E-state index in [1.54, 1.807) is 12.1 Å². The quantitative estimate of drug-likeness (QED) is 0.239. The molecule has 2 aromatic heterocycles. The van der Waals surface area contributed by atoms with Crippen LogP contribution in [-0.2, 0) is 9.59 Å². The number of carbonyl (C=O) groups is 3. The van der Waals surface area contributed by atoms with Crippen molar-refractivity contribution in [1.82, 2.24) is 9.38 Å². The van der Waals surface area contributed by atoms with Crippen LogP contribution in [0.4, 0.5) is 10.1 Å². The van der Waals surface area contributed by atoms with Gasteiger partial charge >= 0.3 is 17.9 Å². The van der Waals surface area contributed by atoms with Gasteiger partial charge in [-0.15, -0.1) is 0 Å². The molecule has 4 rings (SSSR count). The maximum absolute atomic E-state index is 13.3. The summed E-state index contributed by atoms with van der Waals surface area (Å²) in [6.45, 7) is 3.02. The van der Waals surface area contributed by atoms with Gasteiger partial charge < -0.3 is 21.1 Å². The summed E-state index contributed by atoms with van der Waals surface area (Å²) in [6, 6.07) is 11.6. The van der Waals surface area contributed by atoms with Crippen molar-refractivity contribution in [1.29, 1.82) is 0 Å². The lowest BCUT2D eigenvalue weighted by Gasteiger charge is -2.08. The number of hydrogen-bond donors (Lipinski definition) is 4. The van der Waals surface area contributed by atoms with Crippen LogP contribution in [0.1, 0.15) is 47.2 Å². The normalized spacial score (nSPS) is 12.4. The van der Waals surface area contributed by atoms with Gasteiger partial charge in [-0.05, 0) is 61.4 Å². The van der Waals surface area contributed by atoms with Crippen molar-refractivity contribution in [2.75, 3.05) is 5.73 Å². The maximum atomic E-state index is 13.3. The molecule has 0 spiro atoms. The zero-order valence-electron chi connectivity index (χ0n) is 19.2. The summed E-state index contributed by atoms with van der Waals surface area (Å²) in [5, 5.41) is 26.8. The zero-order chi connectivity index (χ0) is 26.7. The van der Waals surface area contributed by atoms with Crippen molar-refractivity contribution in [2.24, 2.45) is 0 Å². The fraction of sp³-hybridized carbons (Fsp3) is 0.160. The predicted octanol–water partition coefficient (Wildman–Crippen LogP) is 3.33. The molecule has 0 aliphatic heterocycles. The molecule has 0 fully saturated rings. The van der Waals surface area contributed by atoms with E-state index in [2.05, 4.69) is 4.98 Å². The lowest BCUT2D eigenvalue weighted by Crippen LogP contribution is -2.16. The van der Waals surface area contributed by atoms with E-state index >= 15 is 0 Å². The Hall–Kier alpha value is -4.80. The van der Waals surface area contributed by atoms with Gasteiger partial charge in [-0.1, -0.05) is 12.1 Å². The van der Waals surface area contributed by atoms with Crippen molar-refractivity contribution in [3.8, 4) is 0 Å². The molecule has 0 saturated heterocycles. The summed E-state index contributed by atoms with van der Waals surface area (Å²) in [5.41, 5.74) is 6.80. The minimum Gasteiger partial charge on any atom is -0.481 e. The van der Waals surface area contributed by atoms with Gasteiger partial charge in [0.15, 0.2) is 0 Å². The van der Waals surface area contributed by atoms with Crippen molar-refractivity contribution in [2.45, 2.75) is 25.7 Å². The van der Waals surface area contributed by atoms with Crippen LogP contribution in [0, 0.1) is 5.82 Å². The number of hydrogen-bond acceptors (Lipinski definition) is 6. The number of aliphatic carboxylic acids is 2. The summed E-state index contributed by atoms with van der Waals surface area (Å²) < 4.78 is 14.4. The number of nitrogens with two attached hydrogens (primary N) is 1. The number of carboxylic acids is 3. The van der Waals surface area contributed by atoms with E-state index in [9.17, 15) is 23.6 Å². The van der Waals surface area contributed by atoms with Crippen LogP contribution in [-0.4, -0.2) is 42.6 Å². The molecule has 0 bridgehead atoms. The first-order valence-corrected chi connectivity index (χ1v) is 10.6. The highest BCUT2D eigenvalue weighted by Gasteiger charge is 2.17. The van der Waals surface area contributed by atoms with Crippen LogP contribution >= 0.6 is 0 Å². The van der Waals surface area contributed by atoms with Crippen LogP contribution in [0.3, 0.4) is 0 Å². The average Bonchev–Trinajstić information content (AvgIpc) is 2.84. The second-order valence-electron chi connectivity index (χ2n) is 8.04.